The Balaban J connectivity index is 1.63. The second kappa shape index (κ2) is 7.31. The van der Waals surface area contributed by atoms with E-state index >= 15 is 0 Å². The van der Waals surface area contributed by atoms with Crippen molar-refractivity contribution in [1.29, 1.82) is 0 Å². The Morgan fingerprint density at radius 2 is 1.89 bits per heavy atom. The lowest BCUT2D eigenvalue weighted by atomic mass is 9.76. The molecular weight excluding hydrogens is 340 g/mol. The Kier molecular flexibility index (Phi) is 4.87. The quantitative estimate of drug-likeness (QED) is 0.775. The summed E-state index contributed by atoms with van der Waals surface area (Å²) < 4.78 is 10.4. The van der Waals surface area contributed by atoms with E-state index in [0.29, 0.717) is 6.04 Å². The molecule has 1 aromatic carbocycles. The molecule has 2 saturated heterocycles. The average molecular weight is 366 g/mol. The zero-order valence-corrected chi connectivity index (χ0v) is 16.1. The fraction of sp³-hybridized carbons (Fsp3) is 0.455. The largest absolute Gasteiger partial charge is 0.495 e. The topological polar surface area (TPSA) is 51.7 Å². The van der Waals surface area contributed by atoms with Gasteiger partial charge in [-0.2, -0.15) is 0 Å². The van der Waals surface area contributed by atoms with E-state index in [1.54, 1.807) is 13.3 Å². The number of carbonyl (C=O) groups is 1. The maximum absolute atomic E-state index is 12.6. The summed E-state index contributed by atoms with van der Waals surface area (Å²) in [5, 5.41) is 0. The van der Waals surface area contributed by atoms with Gasteiger partial charge < -0.3 is 9.47 Å². The molecule has 4 atom stereocenters. The van der Waals surface area contributed by atoms with Crippen LogP contribution in [0.3, 0.4) is 0 Å². The minimum absolute atomic E-state index is 0.0849. The number of pyridine rings is 1. The zero-order valence-electron chi connectivity index (χ0n) is 16.1. The number of benzene rings is 1. The van der Waals surface area contributed by atoms with Crippen LogP contribution in [0.25, 0.3) is 11.1 Å². The summed E-state index contributed by atoms with van der Waals surface area (Å²) in [5.41, 5.74) is 3.33. The van der Waals surface area contributed by atoms with Crippen molar-refractivity contribution in [3.8, 4) is 16.9 Å². The summed E-state index contributed by atoms with van der Waals surface area (Å²) in [6, 6.07) is 11.3. The smallest absolute Gasteiger partial charge is 0.310 e. The normalized spacial score (nSPS) is 27.4. The van der Waals surface area contributed by atoms with Crippen LogP contribution >= 0.6 is 0 Å². The zero-order chi connectivity index (χ0) is 19.0. The van der Waals surface area contributed by atoms with Crippen molar-refractivity contribution in [3.63, 3.8) is 0 Å². The summed E-state index contributed by atoms with van der Waals surface area (Å²) in [6.07, 6.45) is 6.79. The third-order valence-electron chi connectivity index (χ3n) is 6.36. The molecule has 27 heavy (non-hydrogen) atoms. The van der Waals surface area contributed by atoms with Gasteiger partial charge in [-0.25, -0.2) is 0 Å². The van der Waals surface area contributed by atoms with Crippen LogP contribution in [-0.2, 0) is 9.53 Å². The highest BCUT2D eigenvalue weighted by atomic mass is 16.5. The first-order valence-electron chi connectivity index (χ1n) is 9.51. The fourth-order valence-electron chi connectivity index (χ4n) is 4.88. The highest BCUT2D eigenvalue weighted by Crippen LogP contribution is 2.46. The molecule has 4 rings (SSSR count). The van der Waals surface area contributed by atoms with Gasteiger partial charge in [0.15, 0.2) is 0 Å². The average Bonchev–Trinajstić information content (AvgIpc) is 2.95. The number of aromatic nitrogens is 1. The number of nitrogens with zero attached hydrogens (tertiary/aromatic N) is 2. The third-order valence-corrected chi connectivity index (χ3v) is 6.36. The first-order chi connectivity index (χ1) is 13.1. The molecular formula is C22H26N2O3. The van der Waals surface area contributed by atoms with Gasteiger partial charge in [0, 0.05) is 29.8 Å². The van der Waals surface area contributed by atoms with Crippen LogP contribution in [0.4, 0.5) is 0 Å². The second-order valence-electron chi connectivity index (χ2n) is 7.59. The van der Waals surface area contributed by atoms with Gasteiger partial charge in [-0.05, 0) is 43.5 Å². The molecule has 3 heterocycles. The number of hydrogen-bond donors (Lipinski definition) is 0. The maximum atomic E-state index is 12.6. The Morgan fingerprint density at radius 1 is 1.11 bits per heavy atom. The van der Waals surface area contributed by atoms with E-state index in [0.717, 1.165) is 29.7 Å². The summed E-state index contributed by atoms with van der Waals surface area (Å²) in [7, 11) is 5.29. The molecule has 0 aliphatic carbocycles. The lowest BCUT2D eigenvalue weighted by molar-refractivity contribution is -0.150. The van der Waals surface area contributed by atoms with E-state index < -0.39 is 0 Å². The van der Waals surface area contributed by atoms with Crippen LogP contribution in [0, 0.1) is 5.92 Å². The van der Waals surface area contributed by atoms with Gasteiger partial charge in [0.1, 0.15) is 5.75 Å². The first kappa shape index (κ1) is 18.0. The van der Waals surface area contributed by atoms with Crippen molar-refractivity contribution >= 4 is 5.97 Å². The molecule has 5 nitrogen and oxygen atoms in total. The van der Waals surface area contributed by atoms with Crippen LogP contribution in [0.15, 0.2) is 42.7 Å². The molecule has 0 saturated carbocycles. The van der Waals surface area contributed by atoms with Crippen molar-refractivity contribution in [2.24, 2.45) is 5.92 Å². The monoisotopic (exact) mass is 366 g/mol. The van der Waals surface area contributed by atoms with Crippen molar-refractivity contribution < 1.29 is 14.3 Å². The van der Waals surface area contributed by atoms with Crippen molar-refractivity contribution in [2.75, 3.05) is 21.3 Å². The van der Waals surface area contributed by atoms with E-state index in [1.165, 1.54) is 19.1 Å². The van der Waals surface area contributed by atoms with E-state index in [4.69, 9.17) is 9.47 Å². The first-order valence-corrected chi connectivity index (χ1v) is 9.51. The van der Waals surface area contributed by atoms with E-state index in [-0.39, 0.29) is 23.8 Å². The van der Waals surface area contributed by atoms with Crippen LogP contribution in [0.1, 0.15) is 30.7 Å². The number of methoxy groups -OCH3 is 2. The van der Waals surface area contributed by atoms with E-state index in [2.05, 4.69) is 41.2 Å². The molecule has 0 N–H and O–H groups in total. The number of ether oxygens (including phenoxy) is 2. The highest BCUT2D eigenvalue weighted by Gasteiger charge is 2.49. The van der Waals surface area contributed by atoms with Gasteiger partial charge in [0.2, 0.25) is 0 Å². The SMILES string of the molecule is COC(=O)C1C(c2ccc(-c3cncc(OC)c3)cc2)C[C@H]2CC[C@@H]1N2C. The predicted molar refractivity (Wildman–Crippen MR) is 104 cm³/mol. The molecule has 0 spiro atoms. The number of fused-ring (bicyclic) bond motifs is 2. The molecule has 0 amide bonds. The molecule has 2 aliphatic rings. The van der Waals surface area contributed by atoms with Gasteiger partial charge in [-0.15, -0.1) is 0 Å². The minimum atomic E-state index is -0.0944. The Morgan fingerprint density at radius 3 is 2.59 bits per heavy atom. The Hall–Kier alpha value is -2.40. The number of esters is 1. The number of rotatable bonds is 4. The summed E-state index contributed by atoms with van der Waals surface area (Å²) in [5.74, 6) is 0.777. The number of piperidine rings is 1. The molecule has 142 valence electrons. The Labute approximate surface area is 160 Å². The van der Waals surface area contributed by atoms with E-state index in [1.807, 2.05) is 12.3 Å². The van der Waals surface area contributed by atoms with Crippen LogP contribution < -0.4 is 4.74 Å². The summed E-state index contributed by atoms with van der Waals surface area (Å²) in [4.78, 5) is 19.2. The summed E-state index contributed by atoms with van der Waals surface area (Å²) in [6.45, 7) is 0. The molecule has 2 fully saturated rings. The molecule has 0 radical (unpaired) electrons. The summed E-state index contributed by atoms with van der Waals surface area (Å²) >= 11 is 0. The van der Waals surface area contributed by atoms with Crippen LogP contribution in [0.2, 0.25) is 0 Å². The van der Waals surface area contributed by atoms with Crippen molar-refractivity contribution in [3.05, 3.63) is 48.3 Å². The predicted octanol–water partition coefficient (Wildman–Crippen LogP) is 3.50. The molecule has 5 heteroatoms. The lowest BCUT2D eigenvalue weighted by Gasteiger charge is -2.41. The van der Waals surface area contributed by atoms with Crippen LogP contribution in [-0.4, -0.2) is 49.2 Å². The molecule has 2 bridgehead atoms. The number of hydrogen-bond acceptors (Lipinski definition) is 5. The highest BCUT2D eigenvalue weighted by molar-refractivity contribution is 5.75. The second-order valence-corrected chi connectivity index (χ2v) is 7.59. The molecule has 2 aromatic rings. The van der Waals surface area contributed by atoms with Gasteiger partial charge >= 0.3 is 5.97 Å². The molecule has 2 aliphatic heterocycles. The van der Waals surface area contributed by atoms with E-state index in [9.17, 15) is 4.79 Å². The van der Waals surface area contributed by atoms with Crippen molar-refractivity contribution in [2.45, 2.75) is 37.3 Å². The fourth-order valence-corrected chi connectivity index (χ4v) is 4.88. The van der Waals surface area contributed by atoms with Crippen molar-refractivity contribution in [1.82, 2.24) is 9.88 Å². The third kappa shape index (κ3) is 3.21. The lowest BCUT2D eigenvalue weighted by Crippen LogP contribution is -2.49. The Bertz CT molecular complexity index is 821. The van der Waals surface area contributed by atoms with Gasteiger partial charge in [0.05, 0.1) is 26.3 Å². The van der Waals surface area contributed by atoms with Gasteiger partial charge in [-0.1, -0.05) is 24.3 Å². The maximum Gasteiger partial charge on any atom is 0.310 e. The van der Waals surface area contributed by atoms with Gasteiger partial charge in [-0.3, -0.25) is 14.7 Å². The molecule has 1 aromatic heterocycles. The minimum Gasteiger partial charge on any atom is -0.495 e. The standard InChI is InChI=1S/C22H26N2O3/c1-24-17-8-9-20(24)21(22(25)27-3)19(11-17)15-6-4-14(5-7-15)16-10-18(26-2)13-23-12-16/h4-7,10,12-13,17,19-21H,8-9,11H2,1-3H3/t17-,19?,20+,21?/m1/s1. The van der Waals surface area contributed by atoms with Gasteiger partial charge in [0.25, 0.3) is 0 Å². The number of carbonyl (C=O) groups excluding carboxylic acids is 1. The molecule has 2 unspecified atom stereocenters. The van der Waals surface area contributed by atoms with Crippen LogP contribution in [0.5, 0.6) is 5.75 Å².